The number of benzene rings is 1. The molecule has 1 unspecified atom stereocenters. The maximum absolute atomic E-state index is 12.9. The molecule has 1 aromatic rings. The normalized spacial score (nSPS) is 13.0. The molecule has 0 aromatic heterocycles. The van der Waals surface area contributed by atoms with Crippen LogP contribution in [0.25, 0.3) is 0 Å². The van der Waals surface area contributed by atoms with Gasteiger partial charge in [0.15, 0.2) is 0 Å². The van der Waals surface area contributed by atoms with Crippen molar-refractivity contribution in [2.75, 3.05) is 0 Å². The van der Waals surface area contributed by atoms with Crippen molar-refractivity contribution in [3.63, 3.8) is 0 Å². The number of nitrogens with two attached hydrogens (primary N) is 1. The summed E-state index contributed by atoms with van der Waals surface area (Å²) in [6.45, 7) is 1.87. The van der Waals surface area contributed by atoms with Crippen LogP contribution < -0.4 is 5.73 Å². The van der Waals surface area contributed by atoms with Gasteiger partial charge in [0.1, 0.15) is 5.82 Å². The lowest BCUT2D eigenvalue weighted by atomic mass is 10.1. The first-order valence-electron chi connectivity index (χ1n) is 3.69. The van der Waals surface area contributed by atoms with E-state index in [1.807, 2.05) is 13.0 Å². The predicted molar refractivity (Wildman–Crippen MR) is 43.8 cm³/mol. The second kappa shape index (κ2) is 3.49. The van der Waals surface area contributed by atoms with Gasteiger partial charge in [0.2, 0.25) is 0 Å². The maximum atomic E-state index is 12.9. The molecule has 0 heterocycles. The quantitative estimate of drug-likeness (QED) is 0.687. The lowest BCUT2D eigenvalue weighted by molar-refractivity contribution is 0.596. The third-order valence-corrected chi connectivity index (χ3v) is 1.50. The van der Waals surface area contributed by atoms with E-state index >= 15 is 0 Å². The Kier molecular flexibility index (Phi) is 2.60. The molecule has 0 aliphatic carbocycles. The van der Waals surface area contributed by atoms with E-state index in [0.717, 1.165) is 0 Å². The molecule has 2 N–H and O–H groups in total. The van der Waals surface area contributed by atoms with E-state index in [1.165, 1.54) is 6.07 Å². The fourth-order valence-electron chi connectivity index (χ4n) is 1.01. The van der Waals surface area contributed by atoms with Crippen LogP contribution in [-0.4, -0.2) is 6.04 Å². The number of hydrogen-bond acceptors (Lipinski definition) is 1. The van der Waals surface area contributed by atoms with Gasteiger partial charge in [0, 0.05) is 6.04 Å². The minimum atomic E-state index is -0.162. The highest BCUT2D eigenvalue weighted by molar-refractivity contribution is 5.17. The third-order valence-electron chi connectivity index (χ3n) is 1.50. The lowest BCUT2D eigenvalue weighted by Crippen LogP contribution is -2.18. The van der Waals surface area contributed by atoms with Gasteiger partial charge in [-0.25, -0.2) is 4.39 Å². The van der Waals surface area contributed by atoms with Gasteiger partial charge in [-0.1, -0.05) is 18.2 Å². The van der Waals surface area contributed by atoms with E-state index in [-0.39, 0.29) is 11.9 Å². The average Bonchev–Trinajstić information content (AvgIpc) is 1.93. The molecule has 0 spiro atoms. The van der Waals surface area contributed by atoms with E-state index < -0.39 is 0 Å². The van der Waals surface area contributed by atoms with Gasteiger partial charge in [0.05, 0.1) is 0 Å². The second-order valence-electron chi connectivity index (χ2n) is 2.77. The van der Waals surface area contributed by atoms with Crippen molar-refractivity contribution < 1.29 is 4.39 Å². The zero-order chi connectivity index (χ0) is 8.27. The van der Waals surface area contributed by atoms with Gasteiger partial charge < -0.3 is 5.73 Å². The molecular weight excluding hydrogens is 141 g/mol. The van der Waals surface area contributed by atoms with Crippen molar-refractivity contribution in [1.29, 1.82) is 0 Å². The Hall–Kier alpha value is -0.890. The highest BCUT2D eigenvalue weighted by Crippen LogP contribution is 2.07. The molecule has 0 aliphatic rings. The molecule has 1 nitrogen and oxygen atoms in total. The van der Waals surface area contributed by atoms with Crippen LogP contribution in [-0.2, 0) is 6.42 Å². The van der Waals surface area contributed by atoms with Crippen LogP contribution in [0, 0.1) is 5.82 Å². The van der Waals surface area contributed by atoms with Crippen LogP contribution in [0.2, 0.25) is 0 Å². The van der Waals surface area contributed by atoms with Crippen LogP contribution in [0.15, 0.2) is 24.3 Å². The molecule has 0 amide bonds. The van der Waals surface area contributed by atoms with Crippen molar-refractivity contribution in [1.82, 2.24) is 0 Å². The van der Waals surface area contributed by atoms with Gasteiger partial charge in [-0.05, 0) is 25.0 Å². The summed E-state index contributed by atoms with van der Waals surface area (Å²) in [4.78, 5) is 0. The summed E-state index contributed by atoms with van der Waals surface area (Å²) in [6, 6.07) is 6.74. The van der Waals surface area contributed by atoms with E-state index in [4.69, 9.17) is 5.73 Å². The van der Waals surface area contributed by atoms with Crippen molar-refractivity contribution in [2.45, 2.75) is 19.4 Å². The zero-order valence-corrected chi connectivity index (χ0v) is 6.55. The van der Waals surface area contributed by atoms with E-state index in [0.29, 0.717) is 12.0 Å². The Labute approximate surface area is 66.0 Å². The molecule has 0 bridgehead atoms. The van der Waals surface area contributed by atoms with E-state index in [9.17, 15) is 4.39 Å². The molecule has 0 radical (unpaired) electrons. The first kappa shape index (κ1) is 8.21. The first-order chi connectivity index (χ1) is 5.20. The van der Waals surface area contributed by atoms with Gasteiger partial charge in [-0.3, -0.25) is 0 Å². The van der Waals surface area contributed by atoms with Crippen molar-refractivity contribution >= 4 is 0 Å². The summed E-state index contributed by atoms with van der Waals surface area (Å²) < 4.78 is 12.9. The Balaban J connectivity index is 2.78. The Bertz CT molecular complexity index is 233. The molecule has 0 saturated heterocycles. The molecule has 1 aromatic carbocycles. The Morgan fingerprint density at radius 1 is 1.45 bits per heavy atom. The van der Waals surface area contributed by atoms with Crippen LogP contribution in [0.4, 0.5) is 4.39 Å². The molecule has 1 rings (SSSR count). The molecule has 0 saturated carbocycles. The van der Waals surface area contributed by atoms with Gasteiger partial charge in [-0.2, -0.15) is 0 Å². The van der Waals surface area contributed by atoms with Gasteiger partial charge in [-0.15, -0.1) is 0 Å². The van der Waals surface area contributed by atoms with Crippen molar-refractivity contribution in [3.05, 3.63) is 35.6 Å². The summed E-state index contributed by atoms with van der Waals surface area (Å²) in [6.07, 6.45) is 0.604. The summed E-state index contributed by atoms with van der Waals surface area (Å²) in [5, 5.41) is 0. The fraction of sp³-hybridized carbons (Fsp3) is 0.333. The monoisotopic (exact) mass is 153 g/mol. The molecule has 11 heavy (non-hydrogen) atoms. The predicted octanol–water partition coefficient (Wildman–Crippen LogP) is 1.72. The van der Waals surface area contributed by atoms with Crippen molar-refractivity contribution in [2.24, 2.45) is 5.73 Å². The minimum absolute atomic E-state index is 0.0203. The molecule has 2 heteroatoms. The average molecular weight is 153 g/mol. The van der Waals surface area contributed by atoms with E-state index in [1.54, 1.807) is 12.1 Å². The molecule has 0 aliphatic heterocycles. The summed E-state index contributed by atoms with van der Waals surface area (Å²) in [5.74, 6) is -0.162. The zero-order valence-electron chi connectivity index (χ0n) is 6.55. The van der Waals surface area contributed by atoms with Crippen LogP contribution in [0.5, 0.6) is 0 Å². The second-order valence-corrected chi connectivity index (χ2v) is 2.77. The van der Waals surface area contributed by atoms with Gasteiger partial charge in [0.25, 0.3) is 0 Å². The van der Waals surface area contributed by atoms with Crippen LogP contribution in [0.3, 0.4) is 0 Å². The smallest absolute Gasteiger partial charge is 0.126 e. The highest BCUT2D eigenvalue weighted by Gasteiger charge is 2.01. The topological polar surface area (TPSA) is 26.0 Å². The lowest BCUT2D eigenvalue weighted by Gasteiger charge is -2.04. The number of hydrogen-bond donors (Lipinski definition) is 1. The SMILES string of the molecule is CC(N)Cc1ccccc1F. The van der Waals surface area contributed by atoms with Crippen molar-refractivity contribution in [3.8, 4) is 0 Å². The molecule has 60 valence electrons. The largest absolute Gasteiger partial charge is 0.328 e. The van der Waals surface area contributed by atoms with Crippen LogP contribution in [0.1, 0.15) is 12.5 Å². The summed E-state index contributed by atoms with van der Waals surface area (Å²) in [5.41, 5.74) is 6.22. The maximum Gasteiger partial charge on any atom is 0.126 e. The fourth-order valence-corrected chi connectivity index (χ4v) is 1.01. The summed E-state index contributed by atoms with van der Waals surface area (Å²) in [7, 11) is 0. The Morgan fingerprint density at radius 3 is 2.64 bits per heavy atom. The Morgan fingerprint density at radius 2 is 2.09 bits per heavy atom. The first-order valence-corrected chi connectivity index (χ1v) is 3.69. The van der Waals surface area contributed by atoms with Gasteiger partial charge >= 0.3 is 0 Å². The molecule has 1 atom stereocenters. The molecule has 0 fully saturated rings. The summed E-state index contributed by atoms with van der Waals surface area (Å²) >= 11 is 0. The number of halogens is 1. The van der Waals surface area contributed by atoms with E-state index in [2.05, 4.69) is 0 Å². The minimum Gasteiger partial charge on any atom is -0.328 e. The number of rotatable bonds is 2. The van der Waals surface area contributed by atoms with Crippen LogP contribution >= 0.6 is 0 Å². The third kappa shape index (κ3) is 2.31. The molecular formula is C9H12FN. The highest BCUT2D eigenvalue weighted by atomic mass is 19.1. The standard InChI is InChI=1S/C9H12FN/c1-7(11)6-8-4-2-3-5-9(8)10/h2-5,7H,6,11H2,1H3.